The van der Waals surface area contributed by atoms with Gasteiger partial charge in [-0.3, -0.25) is 4.79 Å². The monoisotopic (exact) mass is 375 g/mol. The molecule has 0 bridgehead atoms. The lowest BCUT2D eigenvalue weighted by atomic mass is 10.2. The Labute approximate surface area is 143 Å². The Hall–Kier alpha value is -1.29. The third-order valence-electron chi connectivity index (χ3n) is 2.38. The number of nitrogens with one attached hydrogen (secondary N) is 1. The fourth-order valence-electron chi connectivity index (χ4n) is 1.43. The second-order valence-corrected chi connectivity index (χ2v) is 7.04. The van der Waals surface area contributed by atoms with Crippen molar-refractivity contribution in [3.8, 4) is 0 Å². The fourth-order valence-corrected chi connectivity index (χ4v) is 3.70. The highest BCUT2D eigenvalue weighted by molar-refractivity contribution is 8.01. The molecule has 0 spiro atoms. The predicted octanol–water partition coefficient (Wildman–Crippen LogP) is 3.34. The molecule has 2 N–H and O–H groups in total. The maximum absolute atomic E-state index is 11.9. The van der Waals surface area contributed by atoms with E-state index >= 15 is 0 Å². The van der Waals surface area contributed by atoms with Crippen molar-refractivity contribution in [2.45, 2.75) is 9.50 Å². The Balaban J connectivity index is 1.91. The largest absolute Gasteiger partial charge is 0.478 e. The second kappa shape index (κ2) is 7.82. The Morgan fingerprint density at radius 2 is 2.23 bits per heavy atom. The first kappa shape index (κ1) is 17.1. The number of carbonyl (C=O) groups excluding carboxylic acids is 1. The third kappa shape index (κ3) is 4.60. The Bertz CT molecular complexity index is 708. The van der Waals surface area contributed by atoms with Crippen LogP contribution in [0.1, 0.15) is 10.4 Å². The SMILES string of the molecule is CSc1nsc(SCC(=O)Nc2ccc(C(=O)O)c(Cl)c2)n1. The number of halogens is 1. The fraction of sp³-hybridized carbons (Fsp3) is 0.167. The Morgan fingerprint density at radius 3 is 2.82 bits per heavy atom. The summed E-state index contributed by atoms with van der Waals surface area (Å²) in [7, 11) is 0. The molecule has 0 saturated carbocycles. The lowest BCUT2D eigenvalue weighted by Gasteiger charge is -2.06. The first-order valence-corrected chi connectivity index (χ1v) is 9.19. The molecule has 6 nitrogen and oxygen atoms in total. The van der Waals surface area contributed by atoms with Gasteiger partial charge in [-0.05, 0) is 36.0 Å². The number of anilines is 1. The van der Waals surface area contributed by atoms with Crippen LogP contribution in [0.5, 0.6) is 0 Å². The molecule has 2 aromatic rings. The molecule has 0 aliphatic carbocycles. The average Bonchev–Trinajstić information content (AvgIpc) is 2.93. The molecule has 0 unspecified atom stereocenters. The lowest BCUT2D eigenvalue weighted by Crippen LogP contribution is -2.14. The zero-order valence-electron chi connectivity index (χ0n) is 11.2. The number of hydrogen-bond donors (Lipinski definition) is 2. The van der Waals surface area contributed by atoms with E-state index in [-0.39, 0.29) is 22.2 Å². The number of carbonyl (C=O) groups is 2. The normalized spacial score (nSPS) is 10.5. The first-order chi connectivity index (χ1) is 10.5. The van der Waals surface area contributed by atoms with Crippen molar-refractivity contribution in [2.24, 2.45) is 0 Å². The van der Waals surface area contributed by atoms with Gasteiger partial charge in [-0.2, -0.15) is 4.37 Å². The number of rotatable bonds is 6. The van der Waals surface area contributed by atoms with Crippen molar-refractivity contribution in [3.05, 3.63) is 28.8 Å². The number of carboxylic acid groups (broad SMARTS) is 1. The number of nitrogens with zero attached hydrogens (tertiary/aromatic N) is 2. The summed E-state index contributed by atoms with van der Waals surface area (Å²) in [5, 5.41) is 12.3. The number of benzene rings is 1. The minimum absolute atomic E-state index is 0.00695. The van der Waals surface area contributed by atoms with Crippen molar-refractivity contribution < 1.29 is 14.7 Å². The smallest absolute Gasteiger partial charge is 0.337 e. The van der Waals surface area contributed by atoms with E-state index in [1.165, 1.54) is 53.3 Å². The average molecular weight is 376 g/mol. The molecule has 0 aliphatic heterocycles. The number of hydrogen-bond acceptors (Lipinski definition) is 7. The summed E-state index contributed by atoms with van der Waals surface area (Å²) in [6.45, 7) is 0. The Morgan fingerprint density at radius 1 is 1.45 bits per heavy atom. The summed E-state index contributed by atoms with van der Waals surface area (Å²) in [5.74, 6) is -1.16. The van der Waals surface area contributed by atoms with E-state index in [0.717, 1.165) is 4.34 Å². The van der Waals surface area contributed by atoms with Gasteiger partial charge in [0.25, 0.3) is 0 Å². The summed E-state index contributed by atoms with van der Waals surface area (Å²) in [6, 6.07) is 4.25. The number of aromatic nitrogens is 2. The maximum Gasteiger partial charge on any atom is 0.337 e. The molecule has 116 valence electrons. The van der Waals surface area contributed by atoms with E-state index in [0.29, 0.717) is 10.8 Å². The van der Waals surface area contributed by atoms with Gasteiger partial charge < -0.3 is 10.4 Å². The highest BCUT2D eigenvalue weighted by atomic mass is 35.5. The van der Waals surface area contributed by atoms with Gasteiger partial charge in [0.2, 0.25) is 11.1 Å². The van der Waals surface area contributed by atoms with Crippen LogP contribution in [0.25, 0.3) is 0 Å². The molecular weight excluding hydrogens is 366 g/mol. The van der Waals surface area contributed by atoms with Crippen LogP contribution in [0.3, 0.4) is 0 Å². The standard InChI is InChI=1S/C12H10ClN3O3S3/c1-20-11-15-12(22-16-11)21-5-9(17)14-6-2-3-7(10(18)19)8(13)4-6/h2-4H,5H2,1H3,(H,14,17)(H,18,19). The van der Waals surface area contributed by atoms with Gasteiger partial charge in [0, 0.05) is 5.69 Å². The molecule has 1 aromatic heterocycles. The maximum atomic E-state index is 11.9. The first-order valence-electron chi connectivity index (χ1n) is 5.83. The van der Waals surface area contributed by atoms with Crippen LogP contribution < -0.4 is 5.32 Å². The molecule has 0 fully saturated rings. The topological polar surface area (TPSA) is 92.2 Å². The zero-order chi connectivity index (χ0) is 16.1. The molecule has 1 amide bonds. The molecule has 0 saturated heterocycles. The molecule has 1 heterocycles. The van der Waals surface area contributed by atoms with Gasteiger partial charge >= 0.3 is 5.97 Å². The molecule has 22 heavy (non-hydrogen) atoms. The van der Waals surface area contributed by atoms with Crippen molar-refractivity contribution in [2.75, 3.05) is 17.3 Å². The van der Waals surface area contributed by atoms with Crippen molar-refractivity contribution in [1.29, 1.82) is 0 Å². The van der Waals surface area contributed by atoms with E-state index < -0.39 is 5.97 Å². The summed E-state index contributed by atoms with van der Waals surface area (Å²) in [4.78, 5) is 26.9. The summed E-state index contributed by atoms with van der Waals surface area (Å²) in [6.07, 6.45) is 1.88. The second-order valence-electron chi connectivity index (χ2n) is 3.88. The van der Waals surface area contributed by atoms with Gasteiger partial charge in [-0.1, -0.05) is 35.1 Å². The van der Waals surface area contributed by atoms with Crippen LogP contribution in [0.2, 0.25) is 5.02 Å². The minimum atomic E-state index is -1.11. The van der Waals surface area contributed by atoms with Crippen LogP contribution in [-0.4, -0.2) is 38.3 Å². The minimum Gasteiger partial charge on any atom is -0.478 e. The number of carboxylic acids is 1. The van der Waals surface area contributed by atoms with Crippen LogP contribution in [0.15, 0.2) is 27.7 Å². The molecule has 0 atom stereocenters. The molecule has 0 radical (unpaired) electrons. The van der Waals surface area contributed by atoms with E-state index in [2.05, 4.69) is 14.7 Å². The molecule has 10 heteroatoms. The molecule has 1 aromatic carbocycles. The molecular formula is C12H10ClN3O3S3. The van der Waals surface area contributed by atoms with E-state index in [1.54, 1.807) is 0 Å². The van der Waals surface area contributed by atoms with E-state index in [9.17, 15) is 9.59 Å². The van der Waals surface area contributed by atoms with Crippen molar-refractivity contribution in [1.82, 2.24) is 9.36 Å². The summed E-state index contributed by atoms with van der Waals surface area (Å²) >= 11 is 9.82. The van der Waals surface area contributed by atoms with Crippen LogP contribution in [0.4, 0.5) is 5.69 Å². The van der Waals surface area contributed by atoms with E-state index in [1.807, 2.05) is 6.26 Å². The van der Waals surface area contributed by atoms with Crippen molar-refractivity contribution >= 4 is 64.2 Å². The highest BCUT2D eigenvalue weighted by Gasteiger charge is 2.11. The van der Waals surface area contributed by atoms with E-state index in [4.69, 9.17) is 16.7 Å². The number of amides is 1. The van der Waals surface area contributed by atoms with Gasteiger partial charge in [0.05, 0.1) is 16.3 Å². The number of aromatic carboxylic acids is 1. The van der Waals surface area contributed by atoms with Crippen LogP contribution in [-0.2, 0) is 4.79 Å². The highest BCUT2D eigenvalue weighted by Crippen LogP contribution is 2.24. The summed E-state index contributed by atoms with van der Waals surface area (Å²) < 4.78 is 4.82. The Kier molecular flexibility index (Phi) is 6.07. The van der Waals surface area contributed by atoms with Gasteiger partial charge in [0.1, 0.15) is 0 Å². The van der Waals surface area contributed by atoms with Crippen LogP contribution >= 0.6 is 46.7 Å². The van der Waals surface area contributed by atoms with Crippen LogP contribution in [0, 0.1) is 0 Å². The molecule has 2 rings (SSSR count). The van der Waals surface area contributed by atoms with Crippen molar-refractivity contribution in [3.63, 3.8) is 0 Å². The quantitative estimate of drug-likeness (QED) is 0.748. The lowest BCUT2D eigenvalue weighted by molar-refractivity contribution is -0.113. The zero-order valence-corrected chi connectivity index (χ0v) is 14.4. The van der Waals surface area contributed by atoms with Gasteiger partial charge in [-0.25, -0.2) is 9.78 Å². The summed E-state index contributed by atoms with van der Waals surface area (Å²) in [5.41, 5.74) is 0.440. The predicted molar refractivity (Wildman–Crippen MR) is 89.5 cm³/mol. The van der Waals surface area contributed by atoms with Gasteiger partial charge in [0.15, 0.2) is 4.34 Å². The molecule has 0 aliphatic rings. The third-order valence-corrected chi connectivity index (χ3v) is 5.19. The van der Waals surface area contributed by atoms with Gasteiger partial charge in [-0.15, -0.1) is 0 Å². The number of thioether (sulfide) groups is 2.